The van der Waals surface area contributed by atoms with E-state index in [9.17, 15) is 9.59 Å². The molecule has 2 aromatic rings. The number of carbonyl (C=O) groups excluding carboxylic acids is 2. The molecular formula is C25H29I2NO6S. The van der Waals surface area contributed by atoms with Crippen LogP contribution in [0.25, 0.3) is 0 Å². The Kier molecular flexibility index (Phi) is 12.4. The van der Waals surface area contributed by atoms with Gasteiger partial charge in [-0.05, 0) is 35.4 Å². The van der Waals surface area contributed by atoms with Crippen molar-refractivity contribution >= 4 is 80.3 Å². The van der Waals surface area contributed by atoms with E-state index in [0.29, 0.717) is 26.4 Å². The van der Waals surface area contributed by atoms with Gasteiger partial charge in [0.25, 0.3) is 0 Å². The van der Waals surface area contributed by atoms with Crippen molar-refractivity contribution in [3.8, 4) is 0 Å². The molecule has 1 aliphatic rings. The first-order valence-corrected chi connectivity index (χ1v) is 15.1. The molecule has 0 atom stereocenters. The van der Waals surface area contributed by atoms with Crippen LogP contribution in [0, 0.1) is 0 Å². The van der Waals surface area contributed by atoms with Crippen molar-refractivity contribution in [1.82, 2.24) is 0 Å². The van der Waals surface area contributed by atoms with Gasteiger partial charge >= 0.3 is 11.9 Å². The van der Waals surface area contributed by atoms with Crippen LogP contribution >= 0.6 is 56.9 Å². The molecular weight excluding hydrogens is 696 g/mol. The molecule has 0 aromatic heterocycles. The Morgan fingerprint density at radius 2 is 1.31 bits per heavy atom. The number of fused-ring (bicyclic) bond motifs is 2. The molecule has 0 bridgehead atoms. The van der Waals surface area contributed by atoms with Crippen molar-refractivity contribution in [2.45, 2.75) is 22.6 Å². The molecule has 0 saturated carbocycles. The first-order chi connectivity index (χ1) is 17.0. The van der Waals surface area contributed by atoms with Gasteiger partial charge in [0, 0.05) is 25.7 Å². The van der Waals surface area contributed by atoms with Crippen LogP contribution in [0.5, 0.6) is 0 Å². The number of rotatable bonds is 14. The van der Waals surface area contributed by atoms with Crippen LogP contribution in [-0.2, 0) is 41.4 Å². The molecule has 0 saturated heterocycles. The van der Waals surface area contributed by atoms with Gasteiger partial charge in [0.05, 0.1) is 50.6 Å². The van der Waals surface area contributed by atoms with Gasteiger partial charge in [0.1, 0.15) is 13.2 Å². The Labute approximate surface area is 237 Å². The van der Waals surface area contributed by atoms with Crippen LogP contribution in [0.1, 0.15) is 11.1 Å². The largest absolute Gasteiger partial charge is 0.463 e. The van der Waals surface area contributed by atoms with Gasteiger partial charge in [-0.1, -0.05) is 69.1 Å². The summed E-state index contributed by atoms with van der Waals surface area (Å²) in [6, 6.07) is 12.0. The molecule has 7 nitrogen and oxygen atoms in total. The summed E-state index contributed by atoms with van der Waals surface area (Å²) in [6.45, 7) is 2.70. The van der Waals surface area contributed by atoms with E-state index in [-0.39, 0.29) is 38.0 Å². The fourth-order valence-corrected chi connectivity index (χ4v) is 5.29. The predicted octanol–water partition coefficient (Wildman–Crippen LogP) is 4.99. The van der Waals surface area contributed by atoms with Gasteiger partial charge in [0.2, 0.25) is 0 Å². The Bertz CT molecular complexity index is 1010. The van der Waals surface area contributed by atoms with Gasteiger partial charge in [-0.3, -0.25) is 9.59 Å². The maximum absolute atomic E-state index is 12.2. The third kappa shape index (κ3) is 9.06. The molecule has 1 heterocycles. The Morgan fingerprint density at radius 1 is 0.743 bits per heavy atom. The average Bonchev–Trinajstić information content (AvgIpc) is 2.84. The summed E-state index contributed by atoms with van der Waals surface area (Å²) in [6.07, 6.45) is 0.440. The van der Waals surface area contributed by atoms with Gasteiger partial charge < -0.3 is 23.8 Å². The van der Waals surface area contributed by atoms with E-state index in [2.05, 4.69) is 50.1 Å². The number of anilines is 2. The monoisotopic (exact) mass is 725 g/mol. The van der Waals surface area contributed by atoms with Crippen LogP contribution < -0.4 is 4.90 Å². The average molecular weight is 725 g/mol. The number of benzene rings is 2. The highest BCUT2D eigenvalue weighted by molar-refractivity contribution is 14.1. The quantitative estimate of drug-likeness (QED) is 0.117. The van der Waals surface area contributed by atoms with Crippen molar-refractivity contribution in [1.29, 1.82) is 0 Å². The number of carbonyl (C=O) groups is 2. The van der Waals surface area contributed by atoms with Gasteiger partial charge in [-0.15, -0.1) is 0 Å². The lowest BCUT2D eigenvalue weighted by Crippen LogP contribution is -2.17. The Hall–Kier alpha value is -1.09. The minimum Gasteiger partial charge on any atom is -0.463 e. The molecule has 0 spiro atoms. The number of hydrogen-bond donors (Lipinski definition) is 0. The molecule has 35 heavy (non-hydrogen) atoms. The summed E-state index contributed by atoms with van der Waals surface area (Å²) < 4.78 is 23.1. The maximum Gasteiger partial charge on any atom is 0.310 e. The summed E-state index contributed by atoms with van der Waals surface area (Å²) >= 11 is 6.13. The van der Waals surface area contributed by atoms with E-state index in [1.165, 1.54) is 0 Å². The summed E-state index contributed by atoms with van der Waals surface area (Å²) in [7, 11) is 2.01. The fourth-order valence-electron chi connectivity index (χ4n) is 3.47. The van der Waals surface area contributed by atoms with E-state index < -0.39 is 0 Å². The molecule has 10 heteroatoms. The number of halogens is 2. The number of ether oxygens (including phenoxy) is 4. The third-order valence-electron chi connectivity index (χ3n) is 5.11. The van der Waals surface area contributed by atoms with Crippen molar-refractivity contribution < 1.29 is 28.5 Å². The van der Waals surface area contributed by atoms with E-state index in [0.717, 1.165) is 41.1 Å². The van der Waals surface area contributed by atoms with Crippen molar-refractivity contribution in [2.24, 2.45) is 0 Å². The zero-order valence-corrected chi connectivity index (χ0v) is 24.7. The normalized spacial score (nSPS) is 12.1. The van der Waals surface area contributed by atoms with Gasteiger partial charge in [0.15, 0.2) is 0 Å². The van der Waals surface area contributed by atoms with Crippen molar-refractivity contribution in [3.05, 3.63) is 47.5 Å². The maximum atomic E-state index is 12.2. The zero-order chi connectivity index (χ0) is 25.0. The zero-order valence-electron chi connectivity index (χ0n) is 19.6. The van der Waals surface area contributed by atoms with E-state index in [1.807, 2.05) is 43.4 Å². The molecule has 1 aliphatic heterocycles. The van der Waals surface area contributed by atoms with Crippen LogP contribution in [0.15, 0.2) is 46.2 Å². The second kappa shape index (κ2) is 15.2. The molecule has 0 N–H and O–H groups in total. The predicted molar refractivity (Wildman–Crippen MR) is 154 cm³/mol. The summed E-state index contributed by atoms with van der Waals surface area (Å²) in [4.78, 5) is 28.6. The second-order valence-electron chi connectivity index (χ2n) is 7.66. The van der Waals surface area contributed by atoms with E-state index in [1.54, 1.807) is 11.8 Å². The SMILES string of the molecule is CN1c2ccc(CC(=O)OCCOCCI)cc2Sc2ccc(CC(=O)OCCOCCI)cc21. The number of nitrogens with zero attached hydrogens (tertiary/aromatic N) is 1. The highest BCUT2D eigenvalue weighted by Crippen LogP contribution is 2.48. The molecule has 0 aliphatic carbocycles. The highest BCUT2D eigenvalue weighted by atomic mass is 127. The second-order valence-corrected chi connectivity index (χ2v) is 10.9. The van der Waals surface area contributed by atoms with Crippen LogP contribution in [-0.4, -0.2) is 67.5 Å². The Balaban J connectivity index is 1.56. The summed E-state index contributed by atoms with van der Waals surface area (Å²) in [5.74, 6) is -0.520. The minimum absolute atomic E-state index is 0.217. The lowest BCUT2D eigenvalue weighted by atomic mass is 10.1. The minimum atomic E-state index is -0.261. The number of hydrogen-bond acceptors (Lipinski definition) is 8. The smallest absolute Gasteiger partial charge is 0.310 e. The molecule has 0 amide bonds. The number of esters is 2. The lowest BCUT2D eigenvalue weighted by molar-refractivity contribution is -0.145. The molecule has 3 rings (SSSR count). The highest BCUT2D eigenvalue weighted by Gasteiger charge is 2.22. The van der Waals surface area contributed by atoms with Gasteiger partial charge in [-0.25, -0.2) is 0 Å². The first-order valence-electron chi connectivity index (χ1n) is 11.3. The molecule has 0 radical (unpaired) electrons. The summed E-state index contributed by atoms with van der Waals surface area (Å²) in [5.41, 5.74) is 3.91. The van der Waals surface area contributed by atoms with Crippen LogP contribution in [0.4, 0.5) is 11.4 Å². The standard InChI is InChI=1S/C25H29I2NO6S/c1-28-20-4-2-19(17-25(30)34-13-11-32-9-7-27)15-23(20)35-22-5-3-18(14-21(22)28)16-24(29)33-12-10-31-8-6-26/h2-5,14-15H,6-13,16-17H2,1H3. The fraction of sp³-hybridized carbons (Fsp3) is 0.440. The van der Waals surface area contributed by atoms with Crippen LogP contribution in [0.2, 0.25) is 0 Å². The topological polar surface area (TPSA) is 74.3 Å². The lowest BCUT2D eigenvalue weighted by Gasteiger charge is -2.30. The molecule has 0 unspecified atom stereocenters. The van der Waals surface area contributed by atoms with Crippen LogP contribution in [0.3, 0.4) is 0 Å². The van der Waals surface area contributed by atoms with E-state index in [4.69, 9.17) is 18.9 Å². The molecule has 0 fully saturated rings. The Morgan fingerprint density at radius 3 is 1.91 bits per heavy atom. The third-order valence-corrected chi connectivity index (χ3v) is 7.10. The van der Waals surface area contributed by atoms with Crippen molar-refractivity contribution in [3.63, 3.8) is 0 Å². The van der Waals surface area contributed by atoms with Gasteiger partial charge in [-0.2, -0.15) is 0 Å². The molecule has 190 valence electrons. The van der Waals surface area contributed by atoms with Crippen molar-refractivity contribution in [2.75, 3.05) is 60.4 Å². The molecule has 2 aromatic carbocycles. The first kappa shape index (κ1) is 28.5. The number of alkyl halides is 2. The summed E-state index contributed by atoms with van der Waals surface area (Å²) in [5, 5.41) is 0. The van der Waals surface area contributed by atoms with E-state index >= 15 is 0 Å².